The van der Waals surface area contributed by atoms with Crippen LogP contribution in [0.4, 0.5) is 11.4 Å². The molecule has 17 heavy (non-hydrogen) atoms. The lowest BCUT2D eigenvalue weighted by atomic mass is 10.2. The third-order valence-electron chi connectivity index (χ3n) is 2.10. The van der Waals surface area contributed by atoms with Crippen LogP contribution in [0.25, 0.3) is 0 Å². The van der Waals surface area contributed by atoms with Crippen molar-refractivity contribution in [2.75, 3.05) is 26.0 Å². The van der Waals surface area contributed by atoms with Gasteiger partial charge in [-0.25, -0.2) is 0 Å². The number of carbonyl (C=O) groups is 1. The van der Waals surface area contributed by atoms with Gasteiger partial charge in [-0.3, -0.25) is 14.9 Å². The highest BCUT2D eigenvalue weighted by Crippen LogP contribution is 2.31. The van der Waals surface area contributed by atoms with Crippen LogP contribution in [0.1, 0.15) is 0 Å². The second-order valence-corrected chi connectivity index (χ2v) is 3.94. The number of nitrogens with one attached hydrogen (secondary N) is 1. The quantitative estimate of drug-likeness (QED) is 0.659. The van der Waals surface area contributed by atoms with E-state index in [0.717, 1.165) is 0 Å². The fourth-order valence-corrected chi connectivity index (χ4v) is 1.40. The number of halogens is 1. The van der Waals surface area contributed by atoms with Crippen LogP contribution >= 0.6 is 11.6 Å². The van der Waals surface area contributed by atoms with Gasteiger partial charge in [-0.05, 0) is 6.07 Å². The summed E-state index contributed by atoms with van der Waals surface area (Å²) < 4.78 is 0. The van der Waals surface area contributed by atoms with Gasteiger partial charge in [0.1, 0.15) is 5.69 Å². The summed E-state index contributed by atoms with van der Waals surface area (Å²) in [6.45, 7) is -0.0441. The lowest BCUT2D eigenvalue weighted by Gasteiger charge is -2.12. The summed E-state index contributed by atoms with van der Waals surface area (Å²) in [6.07, 6.45) is 0. The van der Waals surface area contributed by atoms with Gasteiger partial charge in [-0.1, -0.05) is 17.7 Å². The molecule has 0 spiro atoms. The van der Waals surface area contributed by atoms with Crippen molar-refractivity contribution in [1.29, 1.82) is 0 Å². The number of anilines is 1. The van der Waals surface area contributed by atoms with E-state index in [0.29, 0.717) is 0 Å². The number of benzene rings is 1. The van der Waals surface area contributed by atoms with Crippen molar-refractivity contribution in [3.05, 3.63) is 33.3 Å². The third kappa shape index (κ3) is 3.32. The van der Waals surface area contributed by atoms with E-state index in [9.17, 15) is 14.9 Å². The fraction of sp³-hybridized carbons (Fsp3) is 0.300. The Morgan fingerprint density at radius 3 is 2.71 bits per heavy atom. The monoisotopic (exact) mass is 257 g/mol. The Kier molecular flexibility index (Phi) is 4.28. The number of hydrogen-bond donors (Lipinski definition) is 1. The molecule has 0 fully saturated rings. The number of amides is 1. The Morgan fingerprint density at radius 2 is 2.18 bits per heavy atom. The minimum Gasteiger partial charge on any atom is -0.369 e. The molecule has 0 aliphatic rings. The van der Waals surface area contributed by atoms with Crippen molar-refractivity contribution in [3.8, 4) is 0 Å². The topological polar surface area (TPSA) is 75.5 Å². The number of nitro benzene ring substituents is 1. The maximum atomic E-state index is 11.4. The van der Waals surface area contributed by atoms with Crippen LogP contribution in [0.3, 0.4) is 0 Å². The second kappa shape index (κ2) is 5.49. The molecule has 0 aliphatic heterocycles. The first-order valence-corrected chi connectivity index (χ1v) is 5.18. The van der Waals surface area contributed by atoms with Gasteiger partial charge in [0.05, 0.1) is 16.5 Å². The molecule has 1 aromatic rings. The Labute approximate surface area is 103 Å². The number of nitrogens with zero attached hydrogens (tertiary/aromatic N) is 2. The molecular weight excluding hydrogens is 246 g/mol. The van der Waals surface area contributed by atoms with Crippen molar-refractivity contribution in [1.82, 2.24) is 4.90 Å². The van der Waals surface area contributed by atoms with E-state index in [4.69, 9.17) is 11.6 Å². The van der Waals surface area contributed by atoms with Crippen LogP contribution in [0.5, 0.6) is 0 Å². The smallest absolute Gasteiger partial charge is 0.293 e. The van der Waals surface area contributed by atoms with Crippen LogP contribution in [0.15, 0.2) is 18.2 Å². The Balaban J connectivity index is 2.90. The van der Waals surface area contributed by atoms with Crippen LogP contribution < -0.4 is 5.32 Å². The highest BCUT2D eigenvalue weighted by Gasteiger charge is 2.17. The predicted molar refractivity (Wildman–Crippen MR) is 65.3 cm³/mol. The third-order valence-corrected chi connectivity index (χ3v) is 2.42. The highest BCUT2D eigenvalue weighted by atomic mass is 35.5. The van der Waals surface area contributed by atoms with E-state index in [1.165, 1.54) is 23.1 Å². The Morgan fingerprint density at radius 1 is 1.53 bits per heavy atom. The molecule has 1 rings (SSSR count). The summed E-state index contributed by atoms with van der Waals surface area (Å²) >= 11 is 5.84. The van der Waals surface area contributed by atoms with E-state index >= 15 is 0 Å². The van der Waals surface area contributed by atoms with Crippen molar-refractivity contribution in [3.63, 3.8) is 0 Å². The molecule has 1 aromatic carbocycles. The van der Waals surface area contributed by atoms with Crippen molar-refractivity contribution >= 4 is 28.9 Å². The van der Waals surface area contributed by atoms with Gasteiger partial charge >= 0.3 is 0 Å². The van der Waals surface area contributed by atoms with Gasteiger partial charge in [0.2, 0.25) is 5.91 Å². The van der Waals surface area contributed by atoms with E-state index in [2.05, 4.69) is 5.32 Å². The summed E-state index contributed by atoms with van der Waals surface area (Å²) in [6, 6.07) is 4.34. The molecule has 0 aliphatic carbocycles. The van der Waals surface area contributed by atoms with Crippen molar-refractivity contribution in [2.24, 2.45) is 0 Å². The summed E-state index contributed by atoms with van der Waals surface area (Å²) in [4.78, 5) is 23.0. The first-order valence-electron chi connectivity index (χ1n) is 4.80. The molecule has 0 heterocycles. The lowest BCUT2D eigenvalue weighted by molar-refractivity contribution is -0.383. The molecule has 92 valence electrons. The minimum absolute atomic E-state index is 0.0441. The van der Waals surface area contributed by atoms with Gasteiger partial charge in [-0.15, -0.1) is 0 Å². The van der Waals surface area contributed by atoms with Crippen molar-refractivity contribution in [2.45, 2.75) is 0 Å². The summed E-state index contributed by atoms with van der Waals surface area (Å²) in [5.74, 6) is -0.195. The minimum atomic E-state index is -0.547. The molecule has 0 saturated carbocycles. The zero-order valence-corrected chi connectivity index (χ0v) is 10.2. The Bertz CT molecular complexity index is 448. The SMILES string of the molecule is CN(C)C(=O)CNc1c(Cl)cccc1[N+](=O)[O-]. The number of rotatable bonds is 4. The van der Waals surface area contributed by atoms with Gasteiger partial charge < -0.3 is 10.2 Å². The second-order valence-electron chi connectivity index (χ2n) is 3.53. The molecule has 6 nitrogen and oxygen atoms in total. The fourth-order valence-electron chi connectivity index (χ4n) is 1.16. The van der Waals surface area contributed by atoms with Crippen LogP contribution in [-0.4, -0.2) is 36.4 Å². The summed E-state index contributed by atoms with van der Waals surface area (Å²) in [5.41, 5.74) is 0.0124. The average Bonchev–Trinajstić information content (AvgIpc) is 2.26. The zero-order chi connectivity index (χ0) is 13.0. The molecule has 0 bridgehead atoms. The van der Waals surface area contributed by atoms with Crippen LogP contribution in [0, 0.1) is 10.1 Å². The van der Waals surface area contributed by atoms with Crippen LogP contribution in [0.2, 0.25) is 5.02 Å². The van der Waals surface area contributed by atoms with E-state index in [1.54, 1.807) is 14.1 Å². The zero-order valence-electron chi connectivity index (χ0n) is 9.44. The molecule has 1 amide bonds. The maximum absolute atomic E-state index is 11.4. The maximum Gasteiger partial charge on any atom is 0.293 e. The van der Waals surface area contributed by atoms with E-state index in [1.807, 2.05) is 0 Å². The van der Waals surface area contributed by atoms with Gasteiger partial charge in [-0.2, -0.15) is 0 Å². The van der Waals surface area contributed by atoms with E-state index < -0.39 is 4.92 Å². The first kappa shape index (κ1) is 13.2. The predicted octanol–water partition coefficient (Wildman–Crippen LogP) is 1.75. The number of carbonyl (C=O) groups excluding carboxylic acids is 1. The molecule has 0 saturated heterocycles. The van der Waals surface area contributed by atoms with E-state index in [-0.39, 0.29) is 28.8 Å². The molecule has 0 atom stereocenters. The molecule has 7 heteroatoms. The van der Waals surface area contributed by atoms with Crippen molar-refractivity contribution < 1.29 is 9.72 Å². The summed E-state index contributed by atoms with van der Waals surface area (Å²) in [5, 5.41) is 13.7. The highest BCUT2D eigenvalue weighted by molar-refractivity contribution is 6.33. The molecule has 0 radical (unpaired) electrons. The average molecular weight is 258 g/mol. The molecular formula is C10H12ClN3O3. The molecule has 0 unspecified atom stereocenters. The standard InChI is InChI=1S/C10H12ClN3O3/c1-13(2)9(15)6-12-10-7(11)4-3-5-8(10)14(16)17/h3-5,12H,6H2,1-2H3. The Hall–Kier alpha value is -1.82. The normalized spacial score (nSPS) is 9.82. The first-order chi connectivity index (χ1) is 7.93. The summed E-state index contributed by atoms with van der Waals surface area (Å²) in [7, 11) is 3.20. The lowest BCUT2D eigenvalue weighted by Crippen LogP contribution is -2.28. The van der Waals surface area contributed by atoms with Gasteiger partial charge in [0.25, 0.3) is 5.69 Å². The van der Waals surface area contributed by atoms with Crippen LogP contribution in [-0.2, 0) is 4.79 Å². The number of hydrogen-bond acceptors (Lipinski definition) is 4. The molecule has 1 N–H and O–H groups in total. The largest absolute Gasteiger partial charge is 0.369 e. The van der Waals surface area contributed by atoms with Gasteiger partial charge in [0.15, 0.2) is 0 Å². The number of nitro groups is 1. The molecule has 0 aromatic heterocycles. The number of likely N-dealkylation sites (N-methyl/N-ethyl adjacent to an activating group) is 1. The number of para-hydroxylation sites is 1. The van der Waals surface area contributed by atoms with Gasteiger partial charge in [0, 0.05) is 20.2 Å².